The fraction of sp³-hybridized carbons (Fsp3) is 0.596. The Morgan fingerprint density at radius 1 is 0.135 bits per heavy atom. The van der Waals surface area contributed by atoms with Crippen LogP contribution < -0.4 is 0 Å². The van der Waals surface area contributed by atoms with Gasteiger partial charge in [-0.15, -0.1) is 0 Å². The minimum atomic E-state index is 0.606. The molecule has 0 saturated heterocycles. The van der Waals surface area contributed by atoms with Crippen LogP contribution in [0.3, 0.4) is 0 Å². The Morgan fingerprint density at radius 3 is 0.375 bits per heavy atom. The first-order valence-electron chi connectivity index (χ1n) is 44.9. The second-order valence-corrected chi connectivity index (χ2v) is 32.2. The van der Waals surface area contributed by atoms with Gasteiger partial charge in [-0.05, 0) is 341 Å². The lowest BCUT2D eigenvalue weighted by molar-refractivity contribution is 0.209. The summed E-state index contributed by atoms with van der Waals surface area (Å²) in [5.74, 6) is 0. The number of hydrogen-bond donors (Lipinski definition) is 0. The molecular weight excluding hydrogens is 1250 g/mol. The van der Waals surface area contributed by atoms with Crippen molar-refractivity contribution in [3.63, 3.8) is 0 Å². The molecule has 21 rings (SSSR count). The number of aryl methyl sites for hydroxylation is 7. The third-order valence-corrected chi connectivity index (χ3v) is 27.1. The highest BCUT2D eigenvalue weighted by Crippen LogP contribution is 2.58. The molecule has 14 aliphatic carbocycles. The van der Waals surface area contributed by atoms with E-state index in [1.54, 1.807) is 77.9 Å². The van der Waals surface area contributed by atoms with Crippen LogP contribution in [0.2, 0.25) is 0 Å². The first kappa shape index (κ1) is 84.2. The summed E-state index contributed by atoms with van der Waals surface area (Å²) in [7, 11) is 0. The minimum absolute atomic E-state index is 0.606. The van der Waals surface area contributed by atoms with E-state index in [4.69, 9.17) is 0 Å². The predicted molar refractivity (Wildman–Crippen MR) is 459 cm³/mol. The van der Waals surface area contributed by atoms with Gasteiger partial charge in [-0.2, -0.15) is 0 Å². The van der Waals surface area contributed by atoms with E-state index in [1.165, 1.54) is 263 Å². The summed E-state index contributed by atoms with van der Waals surface area (Å²) in [6.45, 7) is 28.0. The predicted octanol–water partition coefficient (Wildman–Crippen LogP) is 30.9. The van der Waals surface area contributed by atoms with E-state index in [-0.39, 0.29) is 0 Å². The minimum Gasteiger partial charge on any atom is -0.0683 e. The van der Waals surface area contributed by atoms with Crippen LogP contribution in [-0.4, -0.2) is 0 Å². The molecule has 7 spiro atoms. The van der Waals surface area contributed by atoms with Crippen molar-refractivity contribution in [3.05, 3.63) is 248 Å². The van der Waals surface area contributed by atoms with Gasteiger partial charge in [0, 0.05) is 0 Å². The van der Waals surface area contributed by atoms with E-state index in [1.807, 2.05) is 96.9 Å². The van der Waals surface area contributed by atoms with Gasteiger partial charge in [0.15, 0.2) is 0 Å². The Bertz CT molecular complexity index is 3260. The topological polar surface area (TPSA) is 0 Å². The second-order valence-electron chi connectivity index (χ2n) is 32.2. The molecule has 7 saturated carbocycles. The zero-order valence-electron chi connectivity index (χ0n) is 69.7. The Balaban J connectivity index is 0.000000149. The summed E-state index contributed by atoms with van der Waals surface area (Å²) in [4.78, 5) is 0. The highest BCUT2D eigenvalue weighted by molar-refractivity contribution is 5.45. The summed E-state index contributed by atoms with van der Waals surface area (Å²) >= 11 is 0. The fourth-order valence-electron chi connectivity index (χ4n) is 21.5. The quantitative estimate of drug-likeness (QED) is 0.142. The van der Waals surface area contributed by atoms with Crippen LogP contribution in [0.5, 0.6) is 0 Å². The Hall–Kier alpha value is -5.46. The van der Waals surface area contributed by atoms with Gasteiger partial charge in [-0.25, -0.2) is 0 Å². The van der Waals surface area contributed by atoms with Crippen molar-refractivity contribution in [2.24, 2.45) is 0 Å². The highest BCUT2D eigenvalue weighted by atomic mass is 14.5. The molecule has 7 fully saturated rings. The normalized spacial score (nSPS) is 20.9. The summed E-state index contributed by atoms with van der Waals surface area (Å²) in [5.41, 5.74) is 27.7. The van der Waals surface area contributed by atoms with Crippen molar-refractivity contribution < 1.29 is 0 Å². The fourth-order valence-corrected chi connectivity index (χ4v) is 21.5. The average molecular weight is 1400 g/mol. The molecular formula is C104H152. The highest BCUT2D eigenvalue weighted by Gasteiger charge is 2.49. The molecule has 0 aromatic heterocycles. The lowest BCUT2D eigenvalue weighted by Crippen LogP contribution is -2.37. The maximum Gasteiger partial charge on any atom is -0.00435 e. The average Bonchev–Trinajstić information content (AvgIpc) is 0.884. The molecule has 0 radical (unpaired) electrons. The largest absolute Gasteiger partial charge is 0.0683 e. The summed E-state index contributed by atoms with van der Waals surface area (Å²) in [6.07, 6.45) is 58.3. The first-order chi connectivity index (χ1) is 51.4. The SMILES string of the molecule is CC.CC.CC.CC.CC.CC.CC.c1ccc2c(c1)CCCC21CC1.c1ccc2c(c1)CCCC21CC1.c1ccc2c(c1)CCCC21CC1.c1ccc2c(c1)CCCC21CCC1.c1ccc2c(c1)CCCC21CCC1.c1ccc2c(c1)CCCC21CCCC1.c1ccc2c(c1)CCCC21CCCC1. The van der Waals surface area contributed by atoms with E-state index in [2.05, 4.69) is 170 Å². The van der Waals surface area contributed by atoms with E-state index in [9.17, 15) is 0 Å². The van der Waals surface area contributed by atoms with Crippen LogP contribution in [0.25, 0.3) is 0 Å². The van der Waals surface area contributed by atoms with Crippen molar-refractivity contribution in [3.8, 4) is 0 Å². The van der Waals surface area contributed by atoms with Crippen molar-refractivity contribution in [2.75, 3.05) is 0 Å². The van der Waals surface area contributed by atoms with Gasteiger partial charge in [0.2, 0.25) is 0 Å². The lowest BCUT2D eigenvalue weighted by atomic mass is 9.58. The van der Waals surface area contributed by atoms with Crippen molar-refractivity contribution in [1.29, 1.82) is 0 Å². The van der Waals surface area contributed by atoms with Gasteiger partial charge in [-0.1, -0.05) is 305 Å². The summed E-state index contributed by atoms with van der Waals surface area (Å²) in [6, 6.07) is 63.6. The van der Waals surface area contributed by atoms with Gasteiger partial charge in [0.1, 0.15) is 0 Å². The third kappa shape index (κ3) is 19.7. The second kappa shape index (κ2) is 41.8. The summed E-state index contributed by atoms with van der Waals surface area (Å²) in [5, 5.41) is 0. The third-order valence-electron chi connectivity index (χ3n) is 27.1. The maximum atomic E-state index is 2.39. The molecule has 568 valence electrons. The Kier molecular flexibility index (Phi) is 33.8. The number of fused-ring (bicyclic) bond motifs is 14. The van der Waals surface area contributed by atoms with Crippen LogP contribution in [0, 0.1) is 0 Å². The number of hydrogen-bond acceptors (Lipinski definition) is 0. The Morgan fingerprint density at radius 2 is 0.250 bits per heavy atom. The van der Waals surface area contributed by atoms with Gasteiger partial charge in [0.05, 0.1) is 0 Å². The van der Waals surface area contributed by atoms with E-state index in [0.717, 1.165) is 0 Å². The van der Waals surface area contributed by atoms with Crippen LogP contribution in [-0.2, 0) is 82.9 Å². The molecule has 7 aromatic rings. The van der Waals surface area contributed by atoms with Gasteiger partial charge in [0.25, 0.3) is 0 Å². The lowest BCUT2D eigenvalue weighted by Gasteiger charge is -2.46. The molecule has 0 amide bonds. The molecule has 7 aromatic carbocycles. The molecule has 0 heteroatoms. The van der Waals surface area contributed by atoms with Gasteiger partial charge in [-0.3, -0.25) is 0 Å². The molecule has 0 atom stereocenters. The van der Waals surface area contributed by atoms with Crippen LogP contribution in [0.15, 0.2) is 170 Å². The molecule has 0 unspecified atom stereocenters. The molecule has 0 nitrogen and oxygen atoms in total. The monoisotopic (exact) mass is 1400 g/mol. The van der Waals surface area contributed by atoms with Crippen molar-refractivity contribution in [2.45, 2.75) is 398 Å². The smallest absolute Gasteiger partial charge is 0.00435 e. The van der Waals surface area contributed by atoms with Crippen molar-refractivity contribution >= 4 is 0 Å². The van der Waals surface area contributed by atoms with E-state index in [0.29, 0.717) is 37.9 Å². The zero-order chi connectivity index (χ0) is 74.4. The molecule has 104 heavy (non-hydrogen) atoms. The number of benzene rings is 7. The molecule has 0 N–H and O–H groups in total. The molecule has 14 aliphatic rings. The molecule has 0 aliphatic heterocycles. The first-order valence-corrected chi connectivity index (χ1v) is 44.9. The summed E-state index contributed by atoms with van der Waals surface area (Å²) < 4.78 is 0. The van der Waals surface area contributed by atoms with Gasteiger partial charge >= 0.3 is 0 Å². The van der Waals surface area contributed by atoms with Crippen LogP contribution in [0.4, 0.5) is 0 Å². The van der Waals surface area contributed by atoms with Crippen molar-refractivity contribution in [1.82, 2.24) is 0 Å². The van der Waals surface area contributed by atoms with Gasteiger partial charge < -0.3 is 0 Å². The molecule has 0 bridgehead atoms. The molecule has 0 heterocycles. The van der Waals surface area contributed by atoms with Crippen LogP contribution >= 0.6 is 0 Å². The zero-order valence-corrected chi connectivity index (χ0v) is 69.7. The van der Waals surface area contributed by atoms with E-state index < -0.39 is 0 Å². The Labute approximate surface area is 641 Å². The van der Waals surface area contributed by atoms with Crippen LogP contribution in [0.1, 0.15) is 393 Å². The standard InChI is InChI=1S/2C14H18.2C13H16.3C12H14.7C2H6/c2*1-2-8-13-12(6-1)7-5-11-14(13)9-3-4-10-14;2*1-2-7-12-11(5-1)6-3-8-13(12)9-4-10-13;3*1-2-6-11-10(4-1)5-3-7-12(11)8-9-12;7*1-2/h2*1-2,6,8H,3-5,7,9-11H2;2*1-2,5,7H,3-4,6,8-10H2;3*1-2,4,6H,3,5,7-9H2;7*1-2H3. The number of rotatable bonds is 0. The maximum absolute atomic E-state index is 2.39. The van der Waals surface area contributed by atoms with E-state index >= 15 is 0 Å².